The average Bonchev–Trinajstić information content (AvgIpc) is 3.79. The van der Waals surface area contributed by atoms with E-state index in [0.29, 0.717) is 31.3 Å². The number of aromatic nitrogens is 8. The van der Waals surface area contributed by atoms with E-state index in [1.54, 1.807) is 16.8 Å². The number of hydrogen-bond donors (Lipinski definition) is 4. The molecular weight excluding hydrogens is 607 g/mol. The van der Waals surface area contributed by atoms with Gasteiger partial charge < -0.3 is 31.2 Å². The molecule has 6 N–H and O–H groups in total. The first kappa shape index (κ1) is 30.7. The van der Waals surface area contributed by atoms with Gasteiger partial charge in [-0.05, 0) is 66.3 Å². The van der Waals surface area contributed by atoms with Gasteiger partial charge >= 0.3 is 0 Å². The molecule has 0 atom stereocenters. The van der Waals surface area contributed by atoms with Gasteiger partial charge in [-0.25, -0.2) is 14.4 Å². The van der Waals surface area contributed by atoms with Crippen LogP contribution in [0.1, 0.15) is 35.2 Å². The number of nitrogens with one attached hydrogen (secondary N) is 2. The fourth-order valence-corrected chi connectivity index (χ4v) is 6.02. The van der Waals surface area contributed by atoms with E-state index >= 15 is 0 Å². The van der Waals surface area contributed by atoms with Crippen molar-refractivity contribution in [2.75, 3.05) is 28.6 Å². The Hall–Kier alpha value is -5.98. The molecule has 0 spiro atoms. The molecule has 244 valence electrons. The van der Waals surface area contributed by atoms with Crippen LogP contribution >= 0.6 is 0 Å². The number of fused-ring (bicyclic) bond motifs is 2. The van der Waals surface area contributed by atoms with Crippen LogP contribution in [0.15, 0.2) is 85.3 Å². The van der Waals surface area contributed by atoms with Gasteiger partial charge in [0.1, 0.15) is 16.9 Å². The van der Waals surface area contributed by atoms with Crippen molar-refractivity contribution in [1.29, 1.82) is 0 Å². The molecule has 7 rings (SSSR count). The largest absolute Gasteiger partial charge is 0.368 e. The molecule has 0 bridgehead atoms. The Morgan fingerprint density at radius 2 is 1.33 bits per heavy atom. The van der Waals surface area contributed by atoms with E-state index < -0.39 is 0 Å². The number of anilines is 4. The zero-order valence-corrected chi connectivity index (χ0v) is 26.6. The summed E-state index contributed by atoms with van der Waals surface area (Å²) in [4.78, 5) is 17.9. The quantitative estimate of drug-likeness (QED) is 0.122. The van der Waals surface area contributed by atoms with E-state index in [-0.39, 0.29) is 17.7 Å². The summed E-state index contributed by atoms with van der Waals surface area (Å²) >= 11 is 0. The minimum absolute atomic E-state index is 0.225. The maximum atomic E-state index is 13.4. The first-order valence-electron chi connectivity index (χ1n) is 15.9. The predicted octanol–water partition coefficient (Wildman–Crippen LogP) is 5.36. The molecule has 0 fully saturated rings. The molecule has 2 aromatic carbocycles. The molecule has 0 amide bonds. The lowest BCUT2D eigenvalue weighted by molar-refractivity contribution is 0.626. The Kier molecular flexibility index (Phi) is 8.56. The summed E-state index contributed by atoms with van der Waals surface area (Å²) in [6.45, 7) is 2.51. The highest BCUT2D eigenvalue weighted by Gasteiger charge is 2.14. The molecule has 0 aliphatic rings. The minimum Gasteiger partial charge on any atom is -0.368 e. The van der Waals surface area contributed by atoms with Gasteiger partial charge in [-0.3, -0.25) is 4.68 Å². The minimum atomic E-state index is -0.253. The van der Waals surface area contributed by atoms with Gasteiger partial charge in [0.05, 0.1) is 23.3 Å². The number of halogens is 1. The first-order valence-corrected chi connectivity index (χ1v) is 15.9. The van der Waals surface area contributed by atoms with Gasteiger partial charge in [-0.15, -0.1) is 0 Å². The van der Waals surface area contributed by atoms with Crippen LogP contribution in [0.2, 0.25) is 0 Å². The van der Waals surface area contributed by atoms with Crippen molar-refractivity contribution in [3.05, 3.63) is 114 Å². The Balaban J connectivity index is 0.976. The maximum Gasteiger partial charge on any atom is 0.222 e. The normalized spacial score (nSPS) is 11.5. The highest BCUT2D eigenvalue weighted by Crippen LogP contribution is 2.26. The standard InChI is InChI=1S/C35H37FN12/c1-46-16-12-27(45-46)20-40-33-31-29(42-35(38)44-33)14-18-48(31)22-25-7-4-6-23(19-25)5-2-3-15-39-32-30-28(41-34(37)43-32)13-17-47(30)21-24-8-10-26(36)11-9-24/h4,6-14,16-19H,2-3,5,15,20-22H2,1H3,(H3,37,39,41,43)(H3,38,40,42,44). The number of unbranched alkanes of at least 4 members (excludes halogenated alkanes) is 1. The van der Waals surface area contributed by atoms with Crippen LogP contribution in [0.5, 0.6) is 0 Å². The Labute approximate surface area is 276 Å². The number of hydrogen-bond acceptors (Lipinski definition) is 9. The van der Waals surface area contributed by atoms with Crippen LogP contribution in [0.4, 0.5) is 27.9 Å². The monoisotopic (exact) mass is 644 g/mol. The fraction of sp³-hybridized carbons (Fsp3) is 0.229. The molecule has 0 radical (unpaired) electrons. The van der Waals surface area contributed by atoms with Crippen molar-refractivity contribution in [1.82, 2.24) is 38.9 Å². The second kappa shape index (κ2) is 13.4. The van der Waals surface area contributed by atoms with Gasteiger partial charge in [0, 0.05) is 45.3 Å². The summed E-state index contributed by atoms with van der Waals surface area (Å²) in [6.07, 6.45) is 8.78. The number of aryl methyl sites for hydroxylation is 2. The van der Waals surface area contributed by atoms with Crippen molar-refractivity contribution in [3.8, 4) is 0 Å². The van der Waals surface area contributed by atoms with E-state index in [0.717, 1.165) is 59.1 Å². The molecular formula is C35H37FN12. The summed E-state index contributed by atoms with van der Waals surface area (Å²) < 4.78 is 19.4. The smallest absolute Gasteiger partial charge is 0.222 e. The van der Waals surface area contributed by atoms with E-state index in [1.807, 2.05) is 43.8 Å². The van der Waals surface area contributed by atoms with Gasteiger partial charge in [-0.1, -0.05) is 36.4 Å². The Bertz CT molecular complexity index is 2180. The molecule has 0 saturated heterocycles. The van der Waals surface area contributed by atoms with Crippen LogP contribution in [0, 0.1) is 5.82 Å². The van der Waals surface area contributed by atoms with Crippen LogP contribution in [-0.2, 0) is 33.1 Å². The van der Waals surface area contributed by atoms with Crippen LogP contribution in [0.3, 0.4) is 0 Å². The lowest BCUT2D eigenvalue weighted by Gasteiger charge is -2.12. The summed E-state index contributed by atoms with van der Waals surface area (Å²) in [5, 5.41) is 11.3. The molecule has 5 heterocycles. The van der Waals surface area contributed by atoms with E-state index in [9.17, 15) is 4.39 Å². The Morgan fingerprint density at radius 3 is 2.00 bits per heavy atom. The molecule has 5 aromatic heterocycles. The molecule has 0 aliphatic heterocycles. The first-order chi connectivity index (χ1) is 23.4. The average molecular weight is 645 g/mol. The molecule has 0 saturated carbocycles. The number of nitrogens with two attached hydrogens (primary N) is 2. The number of benzene rings is 2. The lowest BCUT2D eigenvalue weighted by atomic mass is 10.1. The molecule has 0 unspecified atom stereocenters. The topological polar surface area (TPSA) is 155 Å². The van der Waals surface area contributed by atoms with E-state index in [1.165, 1.54) is 23.3 Å². The van der Waals surface area contributed by atoms with Gasteiger partial charge in [0.25, 0.3) is 0 Å². The van der Waals surface area contributed by atoms with Crippen LogP contribution in [0.25, 0.3) is 22.1 Å². The number of nitrogens with zero attached hydrogens (tertiary/aromatic N) is 8. The molecule has 0 aliphatic carbocycles. The van der Waals surface area contributed by atoms with E-state index in [4.69, 9.17) is 11.5 Å². The van der Waals surface area contributed by atoms with Crippen molar-refractivity contribution >= 4 is 45.6 Å². The highest BCUT2D eigenvalue weighted by atomic mass is 19.1. The summed E-state index contributed by atoms with van der Waals surface area (Å²) in [5.74, 6) is 1.58. The van der Waals surface area contributed by atoms with Crippen molar-refractivity contribution in [3.63, 3.8) is 0 Å². The second-order valence-electron chi connectivity index (χ2n) is 11.9. The number of nitrogen functional groups attached to an aromatic ring is 2. The third kappa shape index (κ3) is 6.89. The fourth-order valence-electron chi connectivity index (χ4n) is 6.02. The second-order valence-corrected chi connectivity index (χ2v) is 11.9. The zero-order chi connectivity index (χ0) is 33.0. The van der Waals surface area contributed by atoms with Crippen molar-refractivity contribution in [2.24, 2.45) is 7.05 Å². The predicted molar refractivity (Wildman–Crippen MR) is 187 cm³/mol. The summed E-state index contributed by atoms with van der Waals surface area (Å²) in [5.41, 5.74) is 19.8. The number of rotatable bonds is 13. The third-order valence-corrected chi connectivity index (χ3v) is 8.26. The van der Waals surface area contributed by atoms with Gasteiger partial charge in [-0.2, -0.15) is 15.1 Å². The summed E-state index contributed by atoms with van der Waals surface area (Å²) in [7, 11) is 1.90. The van der Waals surface area contributed by atoms with E-state index in [2.05, 4.69) is 69.1 Å². The van der Waals surface area contributed by atoms with Gasteiger partial charge in [0.2, 0.25) is 11.9 Å². The molecule has 13 heteroatoms. The Morgan fingerprint density at radius 1 is 0.688 bits per heavy atom. The lowest BCUT2D eigenvalue weighted by Crippen LogP contribution is -2.09. The maximum absolute atomic E-state index is 13.4. The SMILES string of the molecule is Cn1ccc(CNc2nc(N)nc3ccn(Cc4cccc(CCCCNc5nc(N)nc6ccn(Cc7ccc(F)cc7)c56)c4)c23)n1. The highest BCUT2D eigenvalue weighted by molar-refractivity contribution is 5.88. The van der Waals surface area contributed by atoms with Crippen LogP contribution in [-0.4, -0.2) is 45.4 Å². The third-order valence-electron chi connectivity index (χ3n) is 8.26. The molecule has 7 aromatic rings. The molecule has 12 nitrogen and oxygen atoms in total. The van der Waals surface area contributed by atoms with Crippen molar-refractivity contribution < 1.29 is 4.39 Å². The van der Waals surface area contributed by atoms with Gasteiger partial charge in [0.15, 0.2) is 11.6 Å². The van der Waals surface area contributed by atoms with Crippen LogP contribution < -0.4 is 22.1 Å². The summed E-state index contributed by atoms with van der Waals surface area (Å²) in [6, 6.07) is 21.1. The zero-order valence-electron chi connectivity index (χ0n) is 26.6. The van der Waals surface area contributed by atoms with Crippen molar-refractivity contribution in [2.45, 2.75) is 38.9 Å². The molecule has 48 heavy (non-hydrogen) atoms.